The molecule has 0 unspecified atom stereocenters. The van der Waals surface area contributed by atoms with Gasteiger partial charge in [0.15, 0.2) is 5.11 Å². The Morgan fingerprint density at radius 3 is 2.85 bits per heavy atom. The van der Waals surface area contributed by atoms with Gasteiger partial charge in [0.2, 0.25) is 0 Å². The number of rotatable bonds is 1. The fourth-order valence-electron chi connectivity index (χ4n) is 0.851. The summed E-state index contributed by atoms with van der Waals surface area (Å²) in [4.78, 5) is 0. The van der Waals surface area contributed by atoms with Crippen LogP contribution in [0.4, 0.5) is 5.69 Å². The van der Waals surface area contributed by atoms with E-state index < -0.39 is 0 Å². The maximum absolute atomic E-state index is 8.76. The zero-order valence-electron chi connectivity index (χ0n) is 6.54. The van der Waals surface area contributed by atoms with Gasteiger partial charge in [-0.3, -0.25) is 0 Å². The third kappa shape index (κ3) is 2.68. The molecule has 0 spiro atoms. The van der Waals surface area contributed by atoms with Gasteiger partial charge in [-0.2, -0.15) is 5.26 Å². The van der Waals surface area contributed by atoms with Crippen molar-refractivity contribution in [2.24, 2.45) is 5.73 Å². The van der Waals surface area contributed by atoms with Gasteiger partial charge in [-0.1, -0.05) is 15.9 Å². The van der Waals surface area contributed by atoms with E-state index in [2.05, 4.69) is 33.5 Å². The number of nitrogens with zero attached hydrogens (tertiary/aromatic N) is 1. The highest BCUT2D eigenvalue weighted by Crippen LogP contribution is 2.19. The molecule has 3 nitrogen and oxygen atoms in total. The molecule has 3 N–H and O–H groups in total. The summed E-state index contributed by atoms with van der Waals surface area (Å²) in [7, 11) is 0. The third-order valence-electron chi connectivity index (χ3n) is 1.36. The number of hydrogen-bond acceptors (Lipinski definition) is 2. The summed E-state index contributed by atoms with van der Waals surface area (Å²) in [5, 5.41) is 11.6. The fraction of sp³-hybridized carbons (Fsp3) is 0. The van der Waals surface area contributed by atoms with E-state index in [1.54, 1.807) is 18.2 Å². The summed E-state index contributed by atoms with van der Waals surface area (Å²) in [5.41, 5.74) is 6.41. The van der Waals surface area contributed by atoms with Gasteiger partial charge in [0.1, 0.15) is 6.07 Å². The largest absolute Gasteiger partial charge is 0.376 e. The van der Waals surface area contributed by atoms with Crippen LogP contribution >= 0.6 is 28.1 Å². The van der Waals surface area contributed by atoms with Crippen molar-refractivity contribution in [3.05, 3.63) is 28.2 Å². The predicted octanol–water partition coefficient (Wildman–Crippen LogP) is 1.98. The number of anilines is 1. The lowest BCUT2D eigenvalue weighted by atomic mass is 10.2. The zero-order valence-corrected chi connectivity index (χ0v) is 8.95. The molecule has 66 valence electrons. The van der Waals surface area contributed by atoms with E-state index in [1.165, 1.54) is 0 Å². The Morgan fingerprint density at radius 2 is 2.31 bits per heavy atom. The summed E-state index contributed by atoms with van der Waals surface area (Å²) in [6.45, 7) is 0. The lowest BCUT2D eigenvalue weighted by molar-refractivity contribution is 1.46. The van der Waals surface area contributed by atoms with Gasteiger partial charge in [0.25, 0.3) is 0 Å². The first-order valence-electron chi connectivity index (χ1n) is 3.39. The molecular formula is C8H6BrN3S. The van der Waals surface area contributed by atoms with E-state index in [-0.39, 0.29) is 5.11 Å². The van der Waals surface area contributed by atoms with Gasteiger partial charge in [-0.25, -0.2) is 0 Å². The molecule has 0 bridgehead atoms. The van der Waals surface area contributed by atoms with Crippen LogP contribution in [-0.4, -0.2) is 5.11 Å². The van der Waals surface area contributed by atoms with E-state index in [9.17, 15) is 0 Å². The van der Waals surface area contributed by atoms with E-state index in [1.807, 2.05) is 6.07 Å². The third-order valence-corrected chi connectivity index (χ3v) is 1.96. The topological polar surface area (TPSA) is 61.8 Å². The molecule has 0 radical (unpaired) electrons. The van der Waals surface area contributed by atoms with Crippen LogP contribution in [0, 0.1) is 11.3 Å². The summed E-state index contributed by atoms with van der Waals surface area (Å²) in [5.74, 6) is 0. The highest BCUT2D eigenvalue weighted by atomic mass is 79.9. The van der Waals surface area contributed by atoms with Crippen LogP contribution in [0.25, 0.3) is 0 Å². The minimum atomic E-state index is 0.152. The Bertz CT molecular complexity index is 383. The molecule has 0 aliphatic heterocycles. The quantitative estimate of drug-likeness (QED) is 0.754. The number of hydrogen-bond donors (Lipinski definition) is 2. The lowest BCUT2D eigenvalue weighted by Crippen LogP contribution is -2.19. The van der Waals surface area contributed by atoms with E-state index in [4.69, 9.17) is 11.0 Å². The van der Waals surface area contributed by atoms with E-state index >= 15 is 0 Å². The first-order valence-corrected chi connectivity index (χ1v) is 4.59. The van der Waals surface area contributed by atoms with Crippen LogP contribution in [0.15, 0.2) is 22.7 Å². The molecule has 0 fully saturated rings. The number of benzene rings is 1. The van der Waals surface area contributed by atoms with Crippen LogP contribution in [0.5, 0.6) is 0 Å². The van der Waals surface area contributed by atoms with Gasteiger partial charge < -0.3 is 11.1 Å². The lowest BCUT2D eigenvalue weighted by Gasteiger charge is -2.05. The van der Waals surface area contributed by atoms with Crippen molar-refractivity contribution in [1.29, 1.82) is 5.26 Å². The molecule has 0 aliphatic rings. The average Bonchev–Trinajstić information content (AvgIpc) is 2.07. The fourth-order valence-corrected chi connectivity index (χ4v) is 1.32. The van der Waals surface area contributed by atoms with Crippen molar-refractivity contribution in [3.8, 4) is 6.07 Å². The van der Waals surface area contributed by atoms with Crippen LogP contribution in [0.1, 0.15) is 5.56 Å². The van der Waals surface area contributed by atoms with Crippen LogP contribution in [-0.2, 0) is 0 Å². The number of nitrogens with one attached hydrogen (secondary N) is 1. The van der Waals surface area contributed by atoms with E-state index in [0.717, 1.165) is 4.47 Å². The number of thiocarbonyl (C=S) groups is 1. The number of nitriles is 1. The van der Waals surface area contributed by atoms with Crippen LogP contribution in [0.3, 0.4) is 0 Å². The molecule has 1 aromatic rings. The number of nitrogens with two attached hydrogens (primary N) is 1. The molecule has 0 heterocycles. The van der Waals surface area contributed by atoms with Gasteiger partial charge >= 0.3 is 0 Å². The Labute approximate surface area is 89.7 Å². The van der Waals surface area contributed by atoms with Crippen molar-refractivity contribution in [2.45, 2.75) is 0 Å². The Morgan fingerprint density at radius 1 is 1.62 bits per heavy atom. The van der Waals surface area contributed by atoms with Gasteiger partial charge in [0.05, 0.1) is 11.3 Å². The van der Waals surface area contributed by atoms with Crippen LogP contribution < -0.4 is 11.1 Å². The number of halogens is 1. The van der Waals surface area contributed by atoms with Crippen molar-refractivity contribution < 1.29 is 0 Å². The van der Waals surface area contributed by atoms with Crippen molar-refractivity contribution in [1.82, 2.24) is 0 Å². The van der Waals surface area contributed by atoms with Gasteiger partial charge in [-0.05, 0) is 30.4 Å². The van der Waals surface area contributed by atoms with Gasteiger partial charge in [-0.15, -0.1) is 0 Å². The highest BCUT2D eigenvalue weighted by Gasteiger charge is 2.02. The molecule has 0 amide bonds. The van der Waals surface area contributed by atoms with Crippen molar-refractivity contribution in [3.63, 3.8) is 0 Å². The molecule has 1 aromatic carbocycles. The molecule has 0 saturated heterocycles. The molecule has 5 heteroatoms. The summed E-state index contributed by atoms with van der Waals surface area (Å²) >= 11 is 7.92. The molecule has 0 saturated carbocycles. The first kappa shape index (κ1) is 9.96. The zero-order chi connectivity index (χ0) is 9.84. The monoisotopic (exact) mass is 255 g/mol. The smallest absolute Gasteiger partial charge is 0.168 e. The normalized spacial score (nSPS) is 8.92. The second-order valence-corrected chi connectivity index (χ2v) is 3.65. The predicted molar refractivity (Wildman–Crippen MR) is 59.3 cm³/mol. The summed E-state index contributed by atoms with van der Waals surface area (Å²) in [6.07, 6.45) is 0. The molecule has 0 aromatic heterocycles. The van der Waals surface area contributed by atoms with Crippen molar-refractivity contribution in [2.75, 3.05) is 5.32 Å². The molecule has 13 heavy (non-hydrogen) atoms. The first-order chi connectivity index (χ1) is 6.13. The Hall–Kier alpha value is -1.12. The van der Waals surface area contributed by atoms with Crippen molar-refractivity contribution >= 4 is 38.9 Å². The minimum Gasteiger partial charge on any atom is -0.376 e. The van der Waals surface area contributed by atoms with E-state index in [0.29, 0.717) is 11.3 Å². The SMILES string of the molecule is N#Cc1cc(Br)ccc1NC(N)=S. The standard InChI is InChI=1S/C8H6BrN3S/c9-6-1-2-7(12-8(11)13)5(3-6)4-10/h1-3H,(H3,11,12,13). The molecule has 1 rings (SSSR count). The van der Waals surface area contributed by atoms with Gasteiger partial charge in [0, 0.05) is 4.47 Å². The minimum absolute atomic E-state index is 0.152. The van der Waals surface area contributed by atoms with Crippen LogP contribution in [0.2, 0.25) is 0 Å². The Kier molecular flexibility index (Phi) is 3.23. The molecule has 0 aliphatic carbocycles. The second-order valence-electron chi connectivity index (χ2n) is 2.29. The summed E-state index contributed by atoms with van der Waals surface area (Å²) in [6, 6.07) is 7.27. The Balaban J connectivity index is 3.08. The maximum Gasteiger partial charge on any atom is 0.168 e. The molecular weight excluding hydrogens is 250 g/mol. The molecule has 0 atom stereocenters. The summed E-state index contributed by atoms with van der Waals surface area (Å²) < 4.78 is 0.845. The maximum atomic E-state index is 8.76. The average molecular weight is 256 g/mol. The highest BCUT2D eigenvalue weighted by molar-refractivity contribution is 9.10. The second kappa shape index (κ2) is 4.21.